The Bertz CT molecular complexity index is 560. The molecule has 0 bridgehead atoms. The summed E-state index contributed by atoms with van der Waals surface area (Å²) in [6, 6.07) is 0. The van der Waals surface area contributed by atoms with Crippen LogP contribution in [0.5, 0.6) is 0 Å². The van der Waals surface area contributed by atoms with Gasteiger partial charge in [0, 0.05) is 13.6 Å². The number of aromatic nitrogens is 5. The van der Waals surface area contributed by atoms with Gasteiger partial charge in [-0.05, 0) is 22.9 Å². The largest absolute Gasteiger partial charge is 0.345 e. The lowest BCUT2D eigenvalue weighted by molar-refractivity contribution is 0.0939. The molecule has 96 valence electrons. The van der Waals surface area contributed by atoms with E-state index < -0.39 is 0 Å². The Morgan fingerprint density at radius 2 is 2.22 bits per heavy atom. The molecule has 0 aliphatic carbocycles. The van der Waals surface area contributed by atoms with Gasteiger partial charge in [-0.25, -0.2) is 0 Å². The number of carbonyl (C=O) groups excluding carboxylic acids is 1. The molecule has 1 amide bonds. The fourth-order valence-corrected chi connectivity index (χ4v) is 2.03. The fraction of sp³-hybridized carbons (Fsp3) is 0.400. The van der Waals surface area contributed by atoms with E-state index >= 15 is 0 Å². The van der Waals surface area contributed by atoms with Crippen molar-refractivity contribution in [1.29, 1.82) is 0 Å². The second-order valence-electron chi connectivity index (χ2n) is 3.66. The van der Waals surface area contributed by atoms with Gasteiger partial charge in [0.1, 0.15) is 11.4 Å². The van der Waals surface area contributed by atoms with Crippen molar-refractivity contribution in [2.45, 2.75) is 20.0 Å². The standard InChI is InChI=1S/C10H13BrN6O/c1-3-17-9(8(11)6-14-17)10(18)12-4-7-5-13-16(2)15-7/h5-6H,3-4H2,1-2H3,(H,12,18). The van der Waals surface area contributed by atoms with Crippen molar-refractivity contribution in [3.8, 4) is 0 Å². The molecule has 0 atom stereocenters. The van der Waals surface area contributed by atoms with Crippen LogP contribution in [0, 0.1) is 0 Å². The molecule has 0 saturated heterocycles. The van der Waals surface area contributed by atoms with Crippen LogP contribution >= 0.6 is 15.9 Å². The van der Waals surface area contributed by atoms with E-state index in [9.17, 15) is 4.79 Å². The van der Waals surface area contributed by atoms with Crippen molar-refractivity contribution in [2.24, 2.45) is 7.05 Å². The first-order valence-corrected chi connectivity index (χ1v) is 6.25. The van der Waals surface area contributed by atoms with Crippen LogP contribution in [-0.2, 0) is 20.1 Å². The van der Waals surface area contributed by atoms with Crippen LogP contribution in [0.4, 0.5) is 0 Å². The molecule has 0 unspecified atom stereocenters. The van der Waals surface area contributed by atoms with Crippen LogP contribution in [0.25, 0.3) is 0 Å². The number of rotatable bonds is 4. The monoisotopic (exact) mass is 312 g/mol. The van der Waals surface area contributed by atoms with E-state index in [1.807, 2.05) is 6.92 Å². The van der Waals surface area contributed by atoms with Gasteiger partial charge in [0.25, 0.3) is 5.91 Å². The maximum atomic E-state index is 12.0. The van der Waals surface area contributed by atoms with Crippen molar-refractivity contribution in [2.75, 3.05) is 0 Å². The summed E-state index contributed by atoms with van der Waals surface area (Å²) < 4.78 is 2.32. The second-order valence-corrected chi connectivity index (χ2v) is 4.52. The minimum Gasteiger partial charge on any atom is -0.345 e. The maximum Gasteiger partial charge on any atom is 0.271 e. The molecule has 2 heterocycles. The van der Waals surface area contributed by atoms with Gasteiger partial charge < -0.3 is 5.32 Å². The highest BCUT2D eigenvalue weighted by molar-refractivity contribution is 9.10. The van der Waals surface area contributed by atoms with Gasteiger partial charge in [-0.1, -0.05) is 0 Å². The predicted octanol–water partition coefficient (Wildman–Crippen LogP) is 0.724. The van der Waals surface area contributed by atoms with E-state index in [0.29, 0.717) is 29.0 Å². The first-order valence-electron chi connectivity index (χ1n) is 5.46. The van der Waals surface area contributed by atoms with Crippen LogP contribution in [0.15, 0.2) is 16.9 Å². The van der Waals surface area contributed by atoms with Crippen molar-refractivity contribution >= 4 is 21.8 Å². The third-order valence-corrected chi connectivity index (χ3v) is 2.97. The van der Waals surface area contributed by atoms with Gasteiger partial charge in [-0.2, -0.15) is 20.1 Å². The molecule has 2 aromatic rings. The summed E-state index contributed by atoms with van der Waals surface area (Å²) in [7, 11) is 1.73. The lowest BCUT2D eigenvalue weighted by atomic mass is 10.3. The minimum atomic E-state index is -0.188. The molecule has 18 heavy (non-hydrogen) atoms. The van der Waals surface area contributed by atoms with Gasteiger partial charge in [0.2, 0.25) is 0 Å². The molecule has 8 heteroatoms. The zero-order valence-electron chi connectivity index (χ0n) is 10.1. The first-order chi connectivity index (χ1) is 8.61. The topological polar surface area (TPSA) is 77.6 Å². The van der Waals surface area contributed by atoms with Gasteiger partial charge >= 0.3 is 0 Å². The van der Waals surface area contributed by atoms with Crippen LogP contribution in [0.3, 0.4) is 0 Å². The molecule has 0 fully saturated rings. The highest BCUT2D eigenvalue weighted by atomic mass is 79.9. The quantitative estimate of drug-likeness (QED) is 0.902. The molecule has 0 radical (unpaired) electrons. The zero-order chi connectivity index (χ0) is 13.1. The smallest absolute Gasteiger partial charge is 0.271 e. The van der Waals surface area contributed by atoms with E-state index in [1.54, 1.807) is 24.1 Å². The molecule has 0 aliphatic rings. The van der Waals surface area contributed by atoms with Crippen LogP contribution in [0.1, 0.15) is 23.1 Å². The van der Waals surface area contributed by atoms with Crippen molar-refractivity contribution < 1.29 is 4.79 Å². The molecule has 7 nitrogen and oxygen atoms in total. The number of aryl methyl sites for hydroxylation is 2. The number of carbonyl (C=O) groups is 1. The van der Waals surface area contributed by atoms with Gasteiger partial charge in [-0.3, -0.25) is 9.48 Å². The number of hydrogen-bond acceptors (Lipinski definition) is 4. The molecule has 0 saturated carbocycles. The number of nitrogens with one attached hydrogen (secondary N) is 1. The third-order valence-electron chi connectivity index (χ3n) is 2.39. The Morgan fingerprint density at radius 3 is 2.83 bits per heavy atom. The Labute approximate surface area is 112 Å². The van der Waals surface area contributed by atoms with Crippen molar-refractivity contribution in [1.82, 2.24) is 30.1 Å². The van der Waals surface area contributed by atoms with Crippen molar-refractivity contribution in [3.63, 3.8) is 0 Å². The summed E-state index contributed by atoms with van der Waals surface area (Å²) in [5.74, 6) is -0.188. The zero-order valence-corrected chi connectivity index (χ0v) is 11.7. The SMILES string of the molecule is CCn1ncc(Br)c1C(=O)NCc1cnn(C)n1. The summed E-state index contributed by atoms with van der Waals surface area (Å²) in [5.41, 5.74) is 1.23. The summed E-state index contributed by atoms with van der Waals surface area (Å²) in [6.07, 6.45) is 3.23. The number of amides is 1. The molecule has 0 spiro atoms. The van der Waals surface area contributed by atoms with Crippen molar-refractivity contribution in [3.05, 3.63) is 28.3 Å². The van der Waals surface area contributed by atoms with Crippen LogP contribution in [0.2, 0.25) is 0 Å². The van der Waals surface area contributed by atoms with E-state index in [0.717, 1.165) is 0 Å². The van der Waals surface area contributed by atoms with Crippen LogP contribution < -0.4 is 5.32 Å². The highest BCUT2D eigenvalue weighted by Gasteiger charge is 2.16. The summed E-state index contributed by atoms with van der Waals surface area (Å²) in [4.78, 5) is 13.5. The Balaban J connectivity index is 2.05. The Kier molecular flexibility index (Phi) is 3.75. The molecule has 2 rings (SSSR count). The van der Waals surface area contributed by atoms with E-state index in [1.165, 1.54) is 4.80 Å². The lowest BCUT2D eigenvalue weighted by Gasteiger charge is -2.05. The molecule has 2 aromatic heterocycles. The van der Waals surface area contributed by atoms with Crippen LogP contribution in [-0.4, -0.2) is 30.7 Å². The molecular weight excluding hydrogens is 300 g/mol. The van der Waals surface area contributed by atoms with Gasteiger partial charge in [0.05, 0.1) is 23.4 Å². The first kappa shape index (κ1) is 12.7. The normalized spacial score (nSPS) is 10.6. The third kappa shape index (κ3) is 2.58. The maximum absolute atomic E-state index is 12.0. The summed E-state index contributed by atoms with van der Waals surface area (Å²) in [5, 5.41) is 14.9. The van der Waals surface area contributed by atoms with Gasteiger partial charge in [0.15, 0.2) is 0 Å². The van der Waals surface area contributed by atoms with E-state index in [2.05, 4.69) is 36.5 Å². The summed E-state index contributed by atoms with van der Waals surface area (Å²) in [6.45, 7) is 2.91. The Hall–Kier alpha value is -1.70. The average Bonchev–Trinajstić information content (AvgIpc) is 2.92. The molecule has 0 aliphatic heterocycles. The number of hydrogen-bond donors (Lipinski definition) is 1. The minimum absolute atomic E-state index is 0.188. The molecular formula is C10H13BrN6O. The second kappa shape index (κ2) is 5.30. The van der Waals surface area contributed by atoms with E-state index in [-0.39, 0.29) is 5.91 Å². The summed E-state index contributed by atoms with van der Waals surface area (Å²) >= 11 is 3.31. The Morgan fingerprint density at radius 1 is 1.44 bits per heavy atom. The highest BCUT2D eigenvalue weighted by Crippen LogP contribution is 2.15. The average molecular weight is 313 g/mol. The number of halogens is 1. The lowest BCUT2D eigenvalue weighted by Crippen LogP contribution is -2.26. The molecule has 0 aromatic carbocycles. The number of nitrogens with zero attached hydrogens (tertiary/aromatic N) is 5. The van der Waals surface area contributed by atoms with E-state index in [4.69, 9.17) is 0 Å². The molecule has 1 N–H and O–H groups in total. The van der Waals surface area contributed by atoms with Gasteiger partial charge in [-0.15, -0.1) is 0 Å². The predicted molar refractivity (Wildman–Crippen MR) is 67.8 cm³/mol. The fourth-order valence-electron chi connectivity index (χ4n) is 1.55.